The summed E-state index contributed by atoms with van der Waals surface area (Å²) in [5.41, 5.74) is 2.71. The first-order valence-electron chi connectivity index (χ1n) is 8.72. The zero-order chi connectivity index (χ0) is 19.2. The zero-order valence-electron chi connectivity index (χ0n) is 15.3. The third-order valence-electron chi connectivity index (χ3n) is 4.24. The molecule has 27 heavy (non-hydrogen) atoms. The molecule has 0 aliphatic carbocycles. The molecule has 1 N–H and O–H groups in total. The minimum Gasteiger partial charge on any atom is -0.494 e. The fourth-order valence-corrected chi connectivity index (χ4v) is 2.80. The second kappa shape index (κ2) is 8.49. The summed E-state index contributed by atoms with van der Waals surface area (Å²) in [4.78, 5) is 11.9. The van der Waals surface area contributed by atoms with Crippen molar-refractivity contribution in [2.45, 2.75) is 19.8 Å². The van der Waals surface area contributed by atoms with Gasteiger partial charge in [0.1, 0.15) is 5.76 Å². The standard InChI is InChI=1S/C21H21FN2O3/c1-14-13-18(24-27-14)21(25)23-12-4-5-15-8-10-16(11-9-15)17-6-3-7-19(26-2)20(17)22/h3,6-11,13H,4-5,12H2,1-2H3,(H,23,25). The average Bonchev–Trinajstić information content (AvgIpc) is 3.12. The van der Waals surface area contributed by atoms with Crippen LogP contribution < -0.4 is 10.1 Å². The fraction of sp³-hybridized carbons (Fsp3) is 0.238. The van der Waals surface area contributed by atoms with Gasteiger partial charge in [-0.2, -0.15) is 0 Å². The minimum absolute atomic E-state index is 0.231. The van der Waals surface area contributed by atoms with Crippen LogP contribution in [0.15, 0.2) is 53.1 Å². The fourth-order valence-electron chi connectivity index (χ4n) is 2.80. The van der Waals surface area contributed by atoms with Gasteiger partial charge in [-0.15, -0.1) is 0 Å². The topological polar surface area (TPSA) is 64.4 Å². The van der Waals surface area contributed by atoms with Crippen molar-refractivity contribution in [2.75, 3.05) is 13.7 Å². The maximum atomic E-state index is 14.3. The lowest BCUT2D eigenvalue weighted by atomic mass is 10.0. The molecule has 6 heteroatoms. The Morgan fingerprint density at radius 2 is 2.00 bits per heavy atom. The summed E-state index contributed by atoms with van der Waals surface area (Å²) in [6, 6.07) is 14.4. The number of halogens is 1. The summed E-state index contributed by atoms with van der Waals surface area (Å²) in [5.74, 6) is 0.233. The summed E-state index contributed by atoms with van der Waals surface area (Å²) in [6.07, 6.45) is 1.59. The van der Waals surface area contributed by atoms with Gasteiger partial charge in [0.15, 0.2) is 17.3 Å². The van der Waals surface area contributed by atoms with Crippen molar-refractivity contribution in [1.29, 1.82) is 0 Å². The predicted molar refractivity (Wildman–Crippen MR) is 100 cm³/mol. The van der Waals surface area contributed by atoms with E-state index in [0.29, 0.717) is 17.9 Å². The number of amides is 1. The van der Waals surface area contributed by atoms with Gasteiger partial charge in [0.2, 0.25) is 0 Å². The van der Waals surface area contributed by atoms with Gasteiger partial charge in [-0.3, -0.25) is 4.79 Å². The molecule has 0 aliphatic heterocycles. The Morgan fingerprint density at radius 1 is 1.22 bits per heavy atom. The number of hydrogen-bond donors (Lipinski definition) is 1. The van der Waals surface area contributed by atoms with Crippen LogP contribution >= 0.6 is 0 Å². The van der Waals surface area contributed by atoms with Crippen molar-refractivity contribution < 1.29 is 18.4 Å². The van der Waals surface area contributed by atoms with Gasteiger partial charge in [-0.25, -0.2) is 4.39 Å². The molecule has 0 fully saturated rings. The number of methoxy groups -OCH3 is 1. The predicted octanol–water partition coefficient (Wildman–Crippen LogP) is 4.16. The van der Waals surface area contributed by atoms with Gasteiger partial charge < -0.3 is 14.6 Å². The maximum Gasteiger partial charge on any atom is 0.273 e. The molecule has 1 heterocycles. The highest BCUT2D eigenvalue weighted by Gasteiger charge is 2.11. The van der Waals surface area contributed by atoms with Crippen molar-refractivity contribution in [2.24, 2.45) is 0 Å². The van der Waals surface area contributed by atoms with E-state index in [1.54, 1.807) is 31.2 Å². The molecule has 0 aliphatic rings. The zero-order valence-corrected chi connectivity index (χ0v) is 15.3. The van der Waals surface area contributed by atoms with Crippen molar-refractivity contribution in [3.8, 4) is 16.9 Å². The number of nitrogens with zero attached hydrogens (tertiary/aromatic N) is 1. The molecular formula is C21H21FN2O3. The van der Waals surface area contributed by atoms with Gasteiger partial charge in [-0.1, -0.05) is 41.6 Å². The minimum atomic E-state index is -0.362. The Balaban J connectivity index is 1.53. The van der Waals surface area contributed by atoms with E-state index in [2.05, 4.69) is 10.5 Å². The molecule has 3 aromatic rings. The summed E-state index contributed by atoms with van der Waals surface area (Å²) < 4.78 is 24.3. The van der Waals surface area contributed by atoms with E-state index in [-0.39, 0.29) is 23.2 Å². The van der Waals surface area contributed by atoms with E-state index in [1.807, 2.05) is 24.3 Å². The van der Waals surface area contributed by atoms with Crippen LogP contribution in [0.5, 0.6) is 5.75 Å². The van der Waals surface area contributed by atoms with Crippen molar-refractivity contribution in [3.63, 3.8) is 0 Å². The molecular weight excluding hydrogens is 347 g/mol. The molecule has 0 saturated heterocycles. The number of carbonyl (C=O) groups excluding carboxylic acids is 1. The van der Waals surface area contributed by atoms with E-state index >= 15 is 0 Å². The molecule has 0 atom stereocenters. The smallest absolute Gasteiger partial charge is 0.273 e. The van der Waals surface area contributed by atoms with Gasteiger partial charge in [-0.05, 0) is 37.0 Å². The number of ether oxygens (including phenoxy) is 1. The largest absolute Gasteiger partial charge is 0.494 e. The highest BCUT2D eigenvalue weighted by Crippen LogP contribution is 2.29. The number of rotatable bonds is 7. The van der Waals surface area contributed by atoms with E-state index in [1.165, 1.54) is 7.11 Å². The number of aromatic nitrogens is 1. The van der Waals surface area contributed by atoms with Crippen LogP contribution in [0.4, 0.5) is 4.39 Å². The first-order chi connectivity index (χ1) is 13.1. The Labute approximate surface area is 157 Å². The van der Waals surface area contributed by atoms with Gasteiger partial charge in [0.25, 0.3) is 5.91 Å². The molecule has 3 rings (SSSR count). The Bertz CT molecular complexity index is 919. The van der Waals surface area contributed by atoms with Gasteiger partial charge >= 0.3 is 0 Å². The first-order valence-corrected chi connectivity index (χ1v) is 8.72. The van der Waals surface area contributed by atoms with Crippen LogP contribution in [0, 0.1) is 12.7 Å². The van der Waals surface area contributed by atoms with Crippen molar-refractivity contribution in [3.05, 3.63) is 71.4 Å². The highest BCUT2D eigenvalue weighted by molar-refractivity contribution is 5.92. The van der Waals surface area contributed by atoms with Crippen LogP contribution in [0.1, 0.15) is 28.2 Å². The lowest BCUT2D eigenvalue weighted by molar-refractivity contribution is 0.0944. The van der Waals surface area contributed by atoms with E-state index in [9.17, 15) is 9.18 Å². The third kappa shape index (κ3) is 4.53. The summed E-state index contributed by atoms with van der Waals surface area (Å²) in [6.45, 7) is 2.28. The molecule has 0 bridgehead atoms. The summed E-state index contributed by atoms with van der Waals surface area (Å²) >= 11 is 0. The SMILES string of the molecule is COc1cccc(-c2ccc(CCCNC(=O)c3cc(C)on3)cc2)c1F. The molecule has 0 radical (unpaired) electrons. The lowest BCUT2D eigenvalue weighted by Gasteiger charge is -2.09. The van der Waals surface area contributed by atoms with Crippen LogP contribution in [0.3, 0.4) is 0 Å². The Morgan fingerprint density at radius 3 is 2.67 bits per heavy atom. The second-order valence-corrected chi connectivity index (χ2v) is 6.20. The van der Waals surface area contributed by atoms with Crippen LogP contribution in [0.2, 0.25) is 0 Å². The van der Waals surface area contributed by atoms with E-state index < -0.39 is 0 Å². The number of aryl methyl sites for hydroxylation is 2. The number of hydrogen-bond acceptors (Lipinski definition) is 4. The Hall–Kier alpha value is -3.15. The monoisotopic (exact) mass is 368 g/mol. The normalized spacial score (nSPS) is 10.6. The third-order valence-corrected chi connectivity index (χ3v) is 4.24. The lowest BCUT2D eigenvalue weighted by Crippen LogP contribution is -2.25. The molecule has 2 aromatic carbocycles. The maximum absolute atomic E-state index is 14.3. The van der Waals surface area contributed by atoms with Crippen molar-refractivity contribution in [1.82, 2.24) is 10.5 Å². The molecule has 1 aromatic heterocycles. The van der Waals surface area contributed by atoms with Crippen LogP contribution in [0.25, 0.3) is 11.1 Å². The highest BCUT2D eigenvalue weighted by atomic mass is 19.1. The van der Waals surface area contributed by atoms with Crippen LogP contribution in [-0.2, 0) is 6.42 Å². The van der Waals surface area contributed by atoms with Crippen molar-refractivity contribution >= 4 is 5.91 Å². The summed E-state index contributed by atoms with van der Waals surface area (Å²) in [7, 11) is 1.45. The molecule has 0 saturated carbocycles. The van der Waals surface area contributed by atoms with Crippen LogP contribution in [-0.4, -0.2) is 24.7 Å². The quantitative estimate of drug-likeness (QED) is 0.636. The summed E-state index contributed by atoms with van der Waals surface area (Å²) in [5, 5.41) is 6.50. The molecule has 140 valence electrons. The molecule has 5 nitrogen and oxygen atoms in total. The first kappa shape index (κ1) is 18.6. The van der Waals surface area contributed by atoms with Gasteiger partial charge in [0, 0.05) is 18.2 Å². The molecule has 0 spiro atoms. The van der Waals surface area contributed by atoms with Gasteiger partial charge in [0.05, 0.1) is 7.11 Å². The number of carbonyl (C=O) groups is 1. The number of benzene rings is 2. The van der Waals surface area contributed by atoms with E-state index in [0.717, 1.165) is 24.0 Å². The number of nitrogens with one attached hydrogen (secondary N) is 1. The average molecular weight is 368 g/mol. The molecule has 1 amide bonds. The second-order valence-electron chi connectivity index (χ2n) is 6.20. The van der Waals surface area contributed by atoms with E-state index in [4.69, 9.17) is 9.26 Å². The Kier molecular flexibility index (Phi) is 5.86. The molecule has 0 unspecified atom stereocenters.